The molecule has 0 aliphatic heterocycles. The molecule has 0 aliphatic rings. The van der Waals surface area contributed by atoms with Gasteiger partial charge in [0.25, 0.3) is 10.0 Å². The molecule has 0 saturated heterocycles. The molecule has 154 valence electrons. The van der Waals surface area contributed by atoms with E-state index in [2.05, 4.69) is 9.71 Å². The molecular weight excluding hydrogens is 411 g/mol. The number of benzene rings is 2. The number of hydrogen-bond donors (Lipinski definition) is 2. The summed E-state index contributed by atoms with van der Waals surface area (Å²) >= 11 is 0. The van der Waals surface area contributed by atoms with E-state index in [1.165, 1.54) is 0 Å². The van der Waals surface area contributed by atoms with E-state index in [9.17, 15) is 21.6 Å². The average Bonchev–Trinajstić information content (AvgIpc) is 3.17. The fraction of sp³-hybridized carbons (Fsp3) is 0.111. The lowest BCUT2D eigenvalue weighted by Crippen LogP contribution is -2.21. The van der Waals surface area contributed by atoms with Crippen molar-refractivity contribution in [2.24, 2.45) is 0 Å². The number of alkyl halides is 3. The van der Waals surface area contributed by atoms with Crippen LogP contribution in [0.1, 0.15) is 5.56 Å². The number of aliphatic carboxylic acids is 1. The zero-order valence-corrected chi connectivity index (χ0v) is 15.8. The molecule has 0 radical (unpaired) electrons. The van der Waals surface area contributed by atoms with Crippen LogP contribution in [0.25, 0.3) is 5.69 Å². The number of carboxylic acid groups (broad SMARTS) is 1. The van der Waals surface area contributed by atoms with Crippen LogP contribution in [-0.2, 0) is 14.8 Å². The van der Waals surface area contributed by atoms with Crippen LogP contribution in [0.2, 0.25) is 0 Å². The molecule has 0 fully saturated rings. The molecule has 0 aliphatic carbocycles. The number of halogens is 3. The van der Waals surface area contributed by atoms with Gasteiger partial charge in [-0.2, -0.15) is 13.2 Å². The van der Waals surface area contributed by atoms with E-state index in [0.717, 1.165) is 11.3 Å². The summed E-state index contributed by atoms with van der Waals surface area (Å²) < 4.78 is 60.8. The van der Waals surface area contributed by atoms with Gasteiger partial charge in [0.05, 0.1) is 11.2 Å². The van der Waals surface area contributed by atoms with Crippen LogP contribution in [0.3, 0.4) is 0 Å². The highest BCUT2D eigenvalue weighted by Gasteiger charge is 2.38. The predicted molar refractivity (Wildman–Crippen MR) is 99.2 cm³/mol. The SMILES string of the molecule is Cc1ccc(S(=O)(=O)Nc2ccc(-n3ccnc3)cc2)cc1.O=C(O)C(F)(F)F. The molecule has 1 aromatic heterocycles. The van der Waals surface area contributed by atoms with Crippen molar-refractivity contribution in [3.63, 3.8) is 0 Å². The second kappa shape index (κ2) is 8.78. The number of imidazole rings is 1. The third-order valence-electron chi connectivity index (χ3n) is 3.50. The molecule has 0 amide bonds. The van der Waals surface area contributed by atoms with E-state index in [1.807, 2.05) is 29.8 Å². The first-order valence-electron chi connectivity index (χ1n) is 7.97. The maximum absolute atomic E-state index is 12.3. The van der Waals surface area contributed by atoms with E-state index in [4.69, 9.17) is 9.90 Å². The molecule has 3 aromatic rings. The molecule has 29 heavy (non-hydrogen) atoms. The summed E-state index contributed by atoms with van der Waals surface area (Å²) in [6, 6.07) is 13.8. The number of carbonyl (C=O) groups is 1. The maximum atomic E-state index is 12.3. The van der Waals surface area contributed by atoms with Gasteiger partial charge in [-0.3, -0.25) is 4.72 Å². The minimum Gasteiger partial charge on any atom is -0.475 e. The molecule has 0 unspecified atom stereocenters. The van der Waals surface area contributed by atoms with E-state index in [1.54, 1.807) is 48.9 Å². The highest BCUT2D eigenvalue weighted by molar-refractivity contribution is 7.92. The predicted octanol–water partition coefficient (Wildman–Crippen LogP) is 3.61. The van der Waals surface area contributed by atoms with Crippen molar-refractivity contribution >= 4 is 21.7 Å². The number of aryl methyl sites for hydroxylation is 1. The minimum atomic E-state index is -5.08. The van der Waals surface area contributed by atoms with Crippen molar-refractivity contribution in [3.8, 4) is 5.69 Å². The number of rotatable bonds is 4. The first-order valence-corrected chi connectivity index (χ1v) is 9.45. The number of aromatic nitrogens is 2. The van der Waals surface area contributed by atoms with E-state index in [-0.39, 0.29) is 4.90 Å². The summed E-state index contributed by atoms with van der Waals surface area (Å²) in [6.45, 7) is 1.92. The van der Waals surface area contributed by atoms with Crippen molar-refractivity contribution in [2.45, 2.75) is 18.0 Å². The maximum Gasteiger partial charge on any atom is 0.490 e. The molecular formula is C18H16F3N3O4S. The van der Waals surface area contributed by atoms with Gasteiger partial charge in [-0.15, -0.1) is 0 Å². The number of anilines is 1. The van der Waals surface area contributed by atoms with Crippen LogP contribution in [0.5, 0.6) is 0 Å². The van der Waals surface area contributed by atoms with Crippen molar-refractivity contribution < 1.29 is 31.5 Å². The topological polar surface area (TPSA) is 101 Å². The minimum absolute atomic E-state index is 0.247. The number of hydrogen-bond acceptors (Lipinski definition) is 4. The van der Waals surface area contributed by atoms with Crippen LogP contribution in [-0.4, -0.2) is 35.2 Å². The zero-order chi connectivity index (χ0) is 21.7. The Hall–Kier alpha value is -3.34. The Morgan fingerprint density at radius 3 is 2.07 bits per heavy atom. The number of sulfonamides is 1. The Labute approximate surface area is 164 Å². The number of nitrogens with zero attached hydrogens (tertiary/aromatic N) is 2. The first-order chi connectivity index (χ1) is 13.5. The largest absolute Gasteiger partial charge is 0.490 e. The third-order valence-corrected chi connectivity index (χ3v) is 4.89. The van der Waals surface area contributed by atoms with Gasteiger partial charge in [0.15, 0.2) is 0 Å². The van der Waals surface area contributed by atoms with Crippen molar-refractivity contribution in [1.29, 1.82) is 0 Å². The van der Waals surface area contributed by atoms with Crippen molar-refractivity contribution in [3.05, 3.63) is 72.8 Å². The molecule has 2 N–H and O–H groups in total. The van der Waals surface area contributed by atoms with E-state index in [0.29, 0.717) is 5.69 Å². The van der Waals surface area contributed by atoms with E-state index >= 15 is 0 Å². The Morgan fingerprint density at radius 2 is 1.62 bits per heavy atom. The molecule has 1 heterocycles. The molecule has 7 nitrogen and oxygen atoms in total. The van der Waals surface area contributed by atoms with Crippen LogP contribution in [0.4, 0.5) is 18.9 Å². The lowest BCUT2D eigenvalue weighted by Gasteiger charge is -2.09. The fourth-order valence-electron chi connectivity index (χ4n) is 2.04. The Morgan fingerprint density at radius 1 is 1.07 bits per heavy atom. The summed E-state index contributed by atoms with van der Waals surface area (Å²) in [7, 11) is -3.57. The van der Waals surface area contributed by atoms with Crippen LogP contribution in [0, 0.1) is 6.92 Å². The third kappa shape index (κ3) is 6.35. The molecule has 0 spiro atoms. The normalized spacial score (nSPS) is 11.3. The Bertz CT molecular complexity index is 1050. The van der Waals surface area contributed by atoms with Gasteiger partial charge in [-0.05, 0) is 43.3 Å². The van der Waals surface area contributed by atoms with Crippen LogP contribution < -0.4 is 4.72 Å². The summed E-state index contributed by atoms with van der Waals surface area (Å²) in [5.74, 6) is -2.76. The van der Waals surface area contributed by atoms with Gasteiger partial charge in [-0.1, -0.05) is 17.7 Å². The van der Waals surface area contributed by atoms with Gasteiger partial charge >= 0.3 is 12.1 Å². The van der Waals surface area contributed by atoms with Gasteiger partial charge in [0.1, 0.15) is 0 Å². The second-order valence-corrected chi connectivity index (χ2v) is 7.42. The number of nitrogens with one attached hydrogen (secondary N) is 1. The average molecular weight is 427 g/mol. The summed E-state index contributed by atoms with van der Waals surface area (Å²) in [4.78, 5) is 13.1. The molecule has 2 aromatic carbocycles. The van der Waals surface area contributed by atoms with Gasteiger partial charge in [-0.25, -0.2) is 18.2 Å². The quantitative estimate of drug-likeness (QED) is 0.662. The molecule has 0 atom stereocenters. The van der Waals surface area contributed by atoms with Crippen LogP contribution >= 0.6 is 0 Å². The van der Waals surface area contributed by atoms with Gasteiger partial charge in [0.2, 0.25) is 0 Å². The molecule has 0 saturated carbocycles. The van der Waals surface area contributed by atoms with E-state index < -0.39 is 22.2 Å². The monoisotopic (exact) mass is 427 g/mol. The smallest absolute Gasteiger partial charge is 0.475 e. The standard InChI is InChI=1S/C16H15N3O2S.C2HF3O2/c1-13-2-8-16(9-3-13)22(20,21)18-14-4-6-15(7-5-14)19-11-10-17-12-19;3-2(4,5)1(6)7/h2-12,18H,1H3;(H,6,7). The Kier molecular flexibility index (Phi) is 6.64. The molecule has 11 heteroatoms. The van der Waals surface area contributed by atoms with Crippen molar-refractivity contribution in [2.75, 3.05) is 4.72 Å². The lowest BCUT2D eigenvalue weighted by molar-refractivity contribution is -0.192. The highest BCUT2D eigenvalue weighted by Crippen LogP contribution is 2.18. The Balaban J connectivity index is 0.000000370. The second-order valence-electron chi connectivity index (χ2n) is 5.74. The molecule has 3 rings (SSSR count). The van der Waals surface area contributed by atoms with Gasteiger partial charge in [0, 0.05) is 23.8 Å². The van der Waals surface area contributed by atoms with Gasteiger partial charge < -0.3 is 9.67 Å². The van der Waals surface area contributed by atoms with Crippen LogP contribution in [0.15, 0.2) is 72.1 Å². The fourth-order valence-corrected chi connectivity index (χ4v) is 3.10. The molecule has 0 bridgehead atoms. The number of carboxylic acids is 1. The lowest BCUT2D eigenvalue weighted by atomic mass is 10.2. The zero-order valence-electron chi connectivity index (χ0n) is 15.0. The highest BCUT2D eigenvalue weighted by atomic mass is 32.2. The van der Waals surface area contributed by atoms with Crippen molar-refractivity contribution in [1.82, 2.24) is 9.55 Å². The first kappa shape index (κ1) is 22.0. The summed E-state index contributed by atoms with van der Waals surface area (Å²) in [5, 5.41) is 7.12. The summed E-state index contributed by atoms with van der Waals surface area (Å²) in [5.41, 5.74) is 2.45. The summed E-state index contributed by atoms with van der Waals surface area (Å²) in [6.07, 6.45) is 0.116.